The lowest BCUT2D eigenvalue weighted by molar-refractivity contribution is -0.140. The highest BCUT2D eigenvalue weighted by Gasteiger charge is 2.37. The maximum Gasteiger partial charge on any atom is 0.435 e. The second kappa shape index (κ2) is 8.41. The molecule has 2 N–H and O–H groups in total. The van der Waals surface area contributed by atoms with Crippen molar-refractivity contribution in [1.82, 2.24) is 25.4 Å². The molecule has 0 radical (unpaired) electrons. The Balaban J connectivity index is 2.03. The van der Waals surface area contributed by atoms with E-state index in [9.17, 15) is 13.2 Å². The van der Waals surface area contributed by atoms with E-state index in [4.69, 9.17) is 0 Å². The molecule has 3 rings (SSSR count). The summed E-state index contributed by atoms with van der Waals surface area (Å²) in [4.78, 5) is 4.30. The first-order valence-corrected chi connectivity index (χ1v) is 9.22. The highest BCUT2D eigenvalue weighted by Crippen LogP contribution is 2.36. The Bertz CT molecular complexity index is 939. The van der Waals surface area contributed by atoms with Crippen molar-refractivity contribution < 1.29 is 13.2 Å². The van der Waals surface area contributed by atoms with Crippen LogP contribution in [-0.2, 0) is 12.6 Å². The van der Waals surface area contributed by atoms with Gasteiger partial charge in [0.1, 0.15) is 0 Å². The van der Waals surface area contributed by atoms with Crippen molar-refractivity contribution in [3.05, 3.63) is 48.2 Å². The average Bonchev–Trinajstić information content (AvgIpc) is 3.33. The van der Waals surface area contributed by atoms with Gasteiger partial charge in [-0.2, -0.15) is 23.4 Å². The third-order valence-electron chi connectivity index (χ3n) is 4.64. The summed E-state index contributed by atoms with van der Waals surface area (Å²) in [6.45, 7) is 5.91. The molecule has 0 aliphatic rings. The monoisotopic (exact) mass is 389 g/mol. The highest BCUT2D eigenvalue weighted by molar-refractivity contribution is 5.76. The molecule has 0 spiro atoms. The van der Waals surface area contributed by atoms with Gasteiger partial charge in [-0.05, 0) is 30.5 Å². The van der Waals surface area contributed by atoms with E-state index in [0.29, 0.717) is 0 Å². The minimum absolute atomic E-state index is 0.0509. The zero-order chi connectivity index (χ0) is 20.1. The molecule has 0 unspecified atom stereocenters. The summed E-state index contributed by atoms with van der Waals surface area (Å²) in [5, 5.41) is 12.6. The third-order valence-corrected chi connectivity index (χ3v) is 4.64. The zero-order valence-corrected chi connectivity index (χ0v) is 15.6. The van der Waals surface area contributed by atoms with Crippen molar-refractivity contribution in [2.75, 3.05) is 0 Å². The smallest absolute Gasteiger partial charge is 0.284 e. The predicted molar refractivity (Wildman–Crippen MR) is 102 cm³/mol. The van der Waals surface area contributed by atoms with E-state index >= 15 is 0 Å². The van der Waals surface area contributed by atoms with Crippen molar-refractivity contribution in [2.24, 2.45) is 0 Å². The average molecular weight is 389 g/mol. The molecule has 0 atom stereocenters. The van der Waals surface area contributed by atoms with Gasteiger partial charge >= 0.3 is 6.18 Å². The fourth-order valence-corrected chi connectivity index (χ4v) is 3.20. The normalized spacial score (nSPS) is 11.7. The molecule has 8 heteroatoms. The van der Waals surface area contributed by atoms with E-state index in [2.05, 4.69) is 38.9 Å². The molecule has 0 saturated carbocycles. The fraction of sp³-hybridized carbons (Fsp3) is 0.350. The third kappa shape index (κ3) is 4.16. The van der Waals surface area contributed by atoms with E-state index < -0.39 is 11.9 Å². The number of nitrogens with one attached hydrogen (secondary N) is 2. The number of aryl methyl sites for hydroxylation is 1. The minimum Gasteiger partial charge on any atom is -0.284 e. The first-order valence-electron chi connectivity index (χ1n) is 9.22. The van der Waals surface area contributed by atoms with Crippen molar-refractivity contribution >= 4 is 6.08 Å². The standard InChI is InChI=1S/C20H22F3N5/c1-3-5-6-7-8-13-9-18(16-12-26-28-19(16)20(21,22)23)24-10-14(13)15-11-25-27-17(15)4-2/h4,9-12H,2-3,5-8H2,1H3,(H,25,27)(H,26,28). The molecule has 3 aromatic rings. The number of pyridine rings is 1. The van der Waals surface area contributed by atoms with E-state index in [0.717, 1.165) is 54.5 Å². The number of hydrogen-bond donors (Lipinski definition) is 2. The topological polar surface area (TPSA) is 70.2 Å². The van der Waals surface area contributed by atoms with E-state index in [-0.39, 0.29) is 11.3 Å². The van der Waals surface area contributed by atoms with Gasteiger partial charge in [-0.25, -0.2) is 0 Å². The van der Waals surface area contributed by atoms with E-state index in [1.165, 1.54) is 6.20 Å². The summed E-state index contributed by atoms with van der Waals surface area (Å²) in [5.74, 6) is 0. The molecular formula is C20H22F3N5. The molecular weight excluding hydrogens is 367 g/mol. The lowest BCUT2D eigenvalue weighted by atomic mass is 9.96. The van der Waals surface area contributed by atoms with Crippen LogP contribution >= 0.6 is 0 Å². The predicted octanol–water partition coefficient (Wildman–Crippen LogP) is 5.65. The summed E-state index contributed by atoms with van der Waals surface area (Å²) in [5.41, 5.74) is 2.61. The molecule has 0 saturated heterocycles. The summed E-state index contributed by atoms with van der Waals surface area (Å²) >= 11 is 0. The van der Waals surface area contributed by atoms with Crippen LogP contribution in [0.4, 0.5) is 13.2 Å². The van der Waals surface area contributed by atoms with E-state index in [1.54, 1.807) is 24.5 Å². The summed E-state index contributed by atoms with van der Waals surface area (Å²) in [7, 11) is 0. The van der Waals surface area contributed by atoms with Crippen LogP contribution in [0, 0.1) is 0 Å². The molecule has 0 fully saturated rings. The van der Waals surface area contributed by atoms with Crippen molar-refractivity contribution in [3.8, 4) is 22.4 Å². The number of hydrogen-bond acceptors (Lipinski definition) is 3. The van der Waals surface area contributed by atoms with Crippen molar-refractivity contribution in [1.29, 1.82) is 0 Å². The van der Waals surface area contributed by atoms with Gasteiger partial charge in [0, 0.05) is 23.5 Å². The van der Waals surface area contributed by atoms with Gasteiger partial charge < -0.3 is 0 Å². The summed E-state index contributed by atoms with van der Waals surface area (Å²) < 4.78 is 39.7. The van der Waals surface area contributed by atoms with Gasteiger partial charge in [0.2, 0.25) is 0 Å². The van der Waals surface area contributed by atoms with Gasteiger partial charge in [0.25, 0.3) is 0 Å². The van der Waals surface area contributed by atoms with Crippen LogP contribution < -0.4 is 0 Å². The van der Waals surface area contributed by atoms with Crippen molar-refractivity contribution in [3.63, 3.8) is 0 Å². The lowest BCUT2D eigenvalue weighted by Gasteiger charge is -2.12. The van der Waals surface area contributed by atoms with Crippen LogP contribution in [0.15, 0.2) is 31.2 Å². The molecule has 0 aromatic carbocycles. The van der Waals surface area contributed by atoms with Crippen LogP contribution in [0.2, 0.25) is 0 Å². The van der Waals surface area contributed by atoms with Gasteiger partial charge in [-0.15, -0.1) is 0 Å². The molecule has 0 aliphatic carbocycles. The number of rotatable bonds is 8. The summed E-state index contributed by atoms with van der Waals surface area (Å²) in [6.07, 6.45) is 6.63. The number of unbranched alkanes of at least 4 members (excludes halogenated alkanes) is 3. The Morgan fingerprint density at radius 2 is 1.93 bits per heavy atom. The molecule has 0 aliphatic heterocycles. The van der Waals surface area contributed by atoms with Gasteiger partial charge in [0.15, 0.2) is 5.69 Å². The minimum atomic E-state index is -4.54. The summed E-state index contributed by atoms with van der Waals surface area (Å²) in [6, 6.07) is 1.72. The maximum absolute atomic E-state index is 13.2. The number of aromatic amines is 2. The van der Waals surface area contributed by atoms with Crippen LogP contribution in [0.5, 0.6) is 0 Å². The maximum atomic E-state index is 13.2. The first-order chi connectivity index (χ1) is 13.5. The Kier molecular flexibility index (Phi) is 5.96. The van der Waals surface area contributed by atoms with Crippen LogP contribution in [0.1, 0.15) is 49.6 Å². The van der Waals surface area contributed by atoms with E-state index in [1.807, 2.05) is 0 Å². The van der Waals surface area contributed by atoms with Crippen LogP contribution in [-0.4, -0.2) is 25.4 Å². The number of H-pyrrole nitrogens is 2. The molecule has 5 nitrogen and oxygen atoms in total. The lowest BCUT2D eigenvalue weighted by Crippen LogP contribution is -2.08. The molecule has 0 amide bonds. The number of alkyl halides is 3. The molecule has 3 heterocycles. The quantitative estimate of drug-likeness (QED) is 0.489. The molecule has 148 valence electrons. The Labute approximate surface area is 161 Å². The second-order valence-corrected chi connectivity index (χ2v) is 6.58. The van der Waals surface area contributed by atoms with Crippen molar-refractivity contribution in [2.45, 2.75) is 45.2 Å². The largest absolute Gasteiger partial charge is 0.435 e. The SMILES string of the molecule is C=Cc1[nH]ncc1-c1cnc(-c2c[nH]nc2C(F)(F)F)cc1CCCCCC. The highest BCUT2D eigenvalue weighted by atomic mass is 19.4. The number of halogens is 3. The van der Waals surface area contributed by atoms with Gasteiger partial charge in [-0.1, -0.05) is 32.8 Å². The Morgan fingerprint density at radius 3 is 2.64 bits per heavy atom. The number of nitrogens with zero attached hydrogens (tertiary/aromatic N) is 3. The van der Waals surface area contributed by atoms with Crippen LogP contribution in [0.3, 0.4) is 0 Å². The first kappa shape index (κ1) is 19.9. The Hall–Kier alpha value is -2.90. The zero-order valence-electron chi connectivity index (χ0n) is 15.6. The Morgan fingerprint density at radius 1 is 1.11 bits per heavy atom. The fourth-order valence-electron chi connectivity index (χ4n) is 3.20. The second-order valence-electron chi connectivity index (χ2n) is 6.58. The van der Waals surface area contributed by atoms with Gasteiger partial charge in [-0.3, -0.25) is 15.2 Å². The van der Waals surface area contributed by atoms with Gasteiger partial charge in [0.05, 0.1) is 23.1 Å². The van der Waals surface area contributed by atoms with Crippen LogP contribution in [0.25, 0.3) is 28.5 Å². The number of aromatic nitrogens is 5. The molecule has 3 aromatic heterocycles. The molecule has 0 bridgehead atoms. The molecule has 28 heavy (non-hydrogen) atoms.